The van der Waals surface area contributed by atoms with Crippen molar-refractivity contribution in [3.63, 3.8) is 0 Å². The van der Waals surface area contributed by atoms with Gasteiger partial charge in [0.15, 0.2) is 0 Å². The molecule has 1 aromatic carbocycles. The van der Waals surface area contributed by atoms with Crippen LogP contribution in [-0.4, -0.2) is 30.0 Å². The van der Waals surface area contributed by atoms with Gasteiger partial charge in [-0.1, -0.05) is 18.2 Å². The summed E-state index contributed by atoms with van der Waals surface area (Å²) in [6.07, 6.45) is 0. The van der Waals surface area contributed by atoms with Crippen LogP contribution in [0.25, 0.3) is 0 Å². The summed E-state index contributed by atoms with van der Waals surface area (Å²) in [5.74, 6) is 0.811. The standard InChI is InChI=1S/C16H19N5O3/c1-20(2)15-8-4-6-13(19-15)11-18-16(22)17-10-12-5-3-7-14(9-12)21(23)24/h3-9H,10-11H2,1-2H3,(H2,17,18,22). The highest BCUT2D eigenvalue weighted by Crippen LogP contribution is 2.12. The summed E-state index contributed by atoms with van der Waals surface area (Å²) >= 11 is 0. The second kappa shape index (κ2) is 7.91. The Kier molecular flexibility index (Phi) is 5.67. The summed E-state index contributed by atoms with van der Waals surface area (Å²) in [5, 5.41) is 16.1. The zero-order valence-electron chi connectivity index (χ0n) is 13.5. The molecule has 0 aliphatic carbocycles. The van der Waals surface area contributed by atoms with Crippen LogP contribution in [0.4, 0.5) is 16.3 Å². The average Bonchev–Trinajstić information content (AvgIpc) is 2.58. The highest BCUT2D eigenvalue weighted by Gasteiger charge is 2.07. The van der Waals surface area contributed by atoms with Gasteiger partial charge in [0.2, 0.25) is 0 Å². The molecule has 0 unspecified atom stereocenters. The number of rotatable bonds is 6. The third-order valence-corrected chi connectivity index (χ3v) is 3.25. The van der Waals surface area contributed by atoms with Crippen molar-refractivity contribution >= 4 is 17.5 Å². The molecule has 0 radical (unpaired) electrons. The minimum Gasteiger partial charge on any atom is -0.363 e. The van der Waals surface area contributed by atoms with Crippen molar-refractivity contribution in [3.8, 4) is 0 Å². The molecule has 8 heteroatoms. The van der Waals surface area contributed by atoms with Gasteiger partial charge in [0, 0.05) is 32.8 Å². The lowest BCUT2D eigenvalue weighted by Crippen LogP contribution is -2.34. The number of carbonyl (C=O) groups is 1. The maximum Gasteiger partial charge on any atom is 0.315 e. The summed E-state index contributed by atoms with van der Waals surface area (Å²) in [6.45, 7) is 0.501. The van der Waals surface area contributed by atoms with E-state index in [-0.39, 0.29) is 18.3 Å². The molecule has 2 rings (SSSR count). The lowest BCUT2D eigenvalue weighted by molar-refractivity contribution is -0.384. The number of amides is 2. The van der Waals surface area contributed by atoms with Gasteiger partial charge < -0.3 is 15.5 Å². The first-order chi connectivity index (χ1) is 11.5. The molecular weight excluding hydrogens is 310 g/mol. The second-order valence-corrected chi connectivity index (χ2v) is 5.34. The maximum atomic E-state index is 11.8. The first-order valence-electron chi connectivity index (χ1n) is 7.34. The number of aromatic nitrogens is 1. The Balaban J connectivity index is 1.84. The largest absolute Gasteiger partial charge is 0.363 e. The third kappa shape index (κ3) is 4.94. The molecule has 0 aliphatic heterocycles. The van der Waals surface area contributed by atoms with Crippen molar-refractivity contribution < 1.29 is 9.72 Å². The van der Waals surface area contributed by atoms with Crippen molar-refractivity contribution in [2.45, 2.75) is 13.1 Å². The summed E-state index contributed by atoms with van der Waals surface area (Å²) in [4.78, 5) is 28.4. The number of nitro groups is 1. The highest BCUT2D eigenvalue weighted by atomic mass is 16.6. The number of non-ortho nitro benzene ring substituents is 1. The van der Waals surface area contributed by atoms with Gasteiger partial charge in [-0.25, -0.2) is 9.78 Å². The van der Waals surface area contributed by atoms with Crippen LogP contribution in [-0.2, 0) is 13.1 Å². The summed E-state index contributed by atoms with van der Waals surface area (Å²) in [7, 11) is 3.79. The van der Waals surface area contributed by atoms with Crippen molar-refractivity contribution in [1.29, 1.82) is 0 Å². The predicted octanol–water partition coefficient (Wildman–Crippen LogP) is 2.06. The molecule has 1 aromatic heterocycles. The predicted molar refractivity (Wildman–Crippen MR) is 90.7 cm³/mol. The van der Waals surface area contributed by atoms with E-state index in [0.717, 1.165) is 11.5 Å². The number of urea groups is 1. The Morgan fingerprint density at radius 1 is 1.17 bits per heavy atom. The van der Waals surface area contributed by atoms with Gasteiger partial charge in [0.05, 0.1) is 17.2 Å². The molecule has 1 heterocycles. The molecule has 2 amide bonds. The first kappa shape index (κ1) is 17.2. The van der Waals surface area contributed by atoms with E-state index >= 15 is 0 Å². The minimum atomic E-state index is -0.465. The van der Waals surface area contributed by atoms with Crippen LogP contribution in [0.5, 0.6) is 0 Å². The zero-order chi connectivity index (χ0) is 17.5. The van der Waals surface area contributed by atoms with E-state index in [2.05, 4.69) is 15.6 Å². The molecule has 0 saturated carbocycles. The van der Waals surface area contributed by atoms with Crippen LogP contribution in [0.2, 0.25) is 0 Å². The fourth-order valence-electron chi connectivity index (χ4n) is 2.01. The quantitative estimate of drug-likeness (QED) is 0.624. The van der Waals surface area contributed by atoms with Gasteiger partial charge in [0.25, 0.3) is 5.69 Å². The summed E-state index contributed by atoms with van der Waals surface area (Å²) in [6, 6.07) is 11.4. The number of nitro benzene ring substituents is 1. The van der Waals surface area contributed by atoms with E-state index in [1.165, 1.54) is 12.1 Å². The lowest BCUT2D eigenvalue weighted by Gasteiger charge is -2.12. The number of nitrogens with zero attached hydrogens (tertiary/aromatic N) is 3. The average molecular weight is 329 g/mol. The van der Waals surface area contributed by atoms with E-state index in [1.54, 1.807) is 12.1 Å². The number of hydrogen-bond donors (Lipinski definition) is 2. The molecule has 8 nitrogen and oxygen atoms in total. The molecule has 0 bridgehead atoms. The fraction of sp³-hybridized carbons (Fsp3) is 0.250. The van der Waals surface area contributed by atoms with E-state index in [0.29, 0.717) is 12.1 Å². The molecular formula is C16H19N5O3. The van der Waals surface area contributed by atoms with Crippen LogP contribution in [0.1, 0.15) is 11.3 Å². The first-order valence-corrected chi connectivity index (χ1v) is 7.34. The van der Waals surface area contributed by atoms with Crippen molar-refractivity contribution in [3.05, 3.63) is 63.8 Å². The zero-order valence-corrected chi connectivity index (χ0v) is 13.5. The number of benzene rings is 1. The minimum absolute atomic E-state index is 0.000548. The van der Waals surface area contributed by atoms with Crippen molar-refractivity contribution in [2.24, 2.45) is 0 Å². The van der Waals surface area contributed by atoms with Gasteiger partial charge in [-0.15, -0.1) is 0 Å². The van der Waals surface area contributed by atoms with Gasteiger partial charge >= 0.3 is 6.03 Å². The van der Waals surface area contributed by atoms with Gasteiger partial charge in [0.1, 0.15) is 5.82 Å². The highest BCUT2D eigenvalue weighted by molar-refractivity contribution is 5.73. The van der Waals surface area contributed by atoms with E-state index < -0.39 is 4.92 Å². The van der Waals surface area contributed by atoms with Crippen LogP contribution in [0, 0.1) is 10.1 Å². The summed E-state index contributed by atoms with van der Waals surface area (Å²) < 4.78 is 0. The Morgan fingerprint density at radius 2 is 1.88 bits per heavy atom. The van der Waals surface area contributed by atoms with E-state index in [4.69, 9.17) is 0 Å². The normalized spacial score (nSPS) is 10.1. The molecule has 0 fully saturated rings. The van der Waals surface area contributed by atoms with Gasteiger partial charge in [-0.3, -0.25) is 10.1 Å². The molecule has 126 valence electrons. The smallest absolute Gasteiger partial charge is 0.315 e. The van der Waals surface area contributed by atoms with Crippen molar-refractivity contribution in [2.75, 3.05) is 19.0 Å². The number of anilines is 1. The Morgan fingerprint density at radius 3 is 2.58 bits per heavy atom. The Bertz CT molecular complexity index is 733. The molecule has 24 heavy (non-hydrogen) atoms. The topological polar surface area (TPSA) is 100 Å². The van der Waals surface area contributed by atoms with Gasteiger partial charge in [-0.05, 0) is 17.7 Å². The van der Waals surface area contributed by atoms with Crippen LogP contribution < -0.4 is 15.5 Å². The molecule has 0 spiro atoms. The molecule has 0 atom stereocenters. The number of nitrogens with one attached hydrogen (secondary N) is 2. The Labute approximate surface area is 139 Å². The Hall–Kier alpha value is -3.16. The number of pyridine rings is 1. The van der Waals surface area contributed by atoms with Crippen molar-refractivity contribution in [1.82, 2.24) is 15.6 Å². The van der Waals surface area contributed by atoms with Crippen LogP contribution >= 0.6 is 0 Å². The monoisotopic (exact) mass is 329 g/mol. The lowest BCUT2D eigenvalue weighted by atomic mass is 10.2. The van der Waals surface area contributed by atoms with E-state index in [1.807, 2.05) is 37.2 Å². The molecule has 0 aliphatic rings. The van der Waals surface area contributed by atoms with Crippen LogP contribution in [0.15, 0.2) is 42.5 Å². The number of hydrogen-bond acceptors (Lipinski definition) is 5. The third-order valence-electron chi connectivity index (χ3n) is 3.25. The van der Waals surface area contributed by atoms with Crippen LogP contribution in [0.3, 0.4) is 0 Å². The molecule has 2 N–H and O–H groups in total. The SMILES string of the molecule is CN(C)c1cccc(CNC(=O)NCc2cccc([N+](=O)[O-])c2)n1. The molecule has 2 aromatic rings. The summed E-state index contributed by atoms with van der Waals surface area (Å²) in [5.41, 5.74) is 1.40. The number of carbonyl (C=O) groups excluding carboxylic acids is 1. The molecule has 0 saturated heterocycles. The maximum absolute atomic E-state index is 11.8. The van der Waals surface area contributed by atoms with Gasteiger partial charge in [-0.2, -0.15) is 0 Å². The van der Waals surface area contributed by atoms with E-state index in [9.17, 15) is 14.9 Å². The second-order valence-electron chi connectivity index (χ2n) is 5.34. The fourth-order valence-corrected chi connectivity index (χ4v) is 2.01.